The molecule has 0 N–H and O–H groups in total. The first-order valence-corrected chi connectivity index (χ1v) is 9.78. The van der Waals surface area contributed by atoms with Crippen molar-refractivity contribution in [2.45, 2.75) is 19.1 Å². The normalized spacial score (nSPS) is 20.5. The summed E-state index contributed by atoms with van der Waals surface area (Å²) in [7, 11) is 1.62. The molecule has 2 heterocycles. The molecule has 0 saturated carbocycles. The van der Waals surface area contributed by atoms with Crippen LogP contribution in [0.4, 0.5) is 10.5 Å². The molecule has 1 saturated heterocycles. The summed E-state index contributed by atoms with van der Waals surface area (Å²) < 4.78 is 11.6. The number of amides is 4. The van der Waals surface area contributed by atoms with Crippen molar-refractivity contribution < 1.29 is 23.9 Å². The maximum Gasteiger partial charge on any atom is 0.332 e. The van der Waals surface area contributed by atoms with Gasteiger partial charge in [0.2, 0.25) is 5.91 Å². The third-order valence-corrected chi connectivity index (χ3v) is 5.25. The van der Waals surface area contributed by atoms with Crippen LogP contribution >= 0.6 is 0 Å². The molecule has 1 fully saturated rings. The zero-order chi connectivity index (χ0) is 21.3. The molecular formula is C22H23N3O5. The van der Waals surface area contributed by atoms with Gasteiger partial charge in [-0.15, -0.1) is 0 Å². The number of nitrogens with zero attached hydrogens (tertiary/aromatic N) is 3. The highest BCUT2D eigenvalue weighted by atomic mass is 16.6. The molecule has 4 rings (SSSR count). The number of fused-ring (bicyclic) bond motifs is 1. The summed E-state index contributed by atoms with van der Waals surface area (Å²) >= 11 is 0. The van der Waals surface area contributed by atoms with Crippen molar-refractivity contribution in [1.29, 1.82) is 0 Å². The second-order valence-electron chi connectivity index (χ2n) is 7.36. The molecule has 0 aliphatic carbocycles. The number of carbonyl (C=O) groups is 3. The van der Waals surface area contributed by atoms with Crippen LogP contribution in [0.2, 0.25) is 0 Å². The van der Waals surface area contributed by atoms with Crippen LogP contribution in [0.3, 0.4) is 0 Å². The van der Waals surface area contributed by atoms with Crippen LogP contribution in [-0.2, 0) is 9.59 Å². The first-order valence-electron chi connectivity index (χ1n) is 9.78. The van der Waals surface area contributed by atoms with Crippen LogP contribution < -0.4 is 14.4 Å². The third-order valence-electron chi connectivity index (χ3n) is 5.25. The number of ether oxygens (including phenoxy) is 2. The fraction of sp³-hybridized carbons (Fsp3) is 0.318. The maximum absolute atomic E-state index is 12.8. The molecule has 8 nitrogen and oxygen atoms in total. The molecule has 2 aromatic carbocycles. The first kappa shape index (κ1) is 19.8. The van der Waals surface area contributed by atoms with E-state index in [1.165, 1.54) is 9.80 Å². The van der Waals surface area contributed by atoms with E-state index in [0.29, 0.717) is 23.8 Å². The van der Waals surface area contributed by atoms with E-state index in [9.17, 15) is 14.4 Å². The van der Waals surface area contributed by atoms with Crippen molar-refractivity contribution >= 4 is 23.5 Å². The van der Waals surface area contributed by atoms with Crippen molar-refractivity contribution in [2.75, 3.05) is 31.6 Å². The van der Waals surface area contributed by atoms with Crippen molar-refractivity contribution in [3.05, 3.63) is 54.6 Å². The Morgan fingerprint density at radius 2 is 1.73 bits per heavy atom. The number of para-hydroxylation sites is 3. The van der Waals surface area contributed by atoms with E-state index in [2.05, 4.69) is 0 Å². The molecule has 2 aromatic rings. The van der Waals surface area contributed by atoms with Gasteiger partial charge in [-0.3, -0.25) is 19.4 Å². The Hall–Kier alpha value is -3.55. The summed E-state index contributed by atoms with van der Waals surface area (Å²) in [6.45, 7) is 1.94. The van der Waals surface area contributed by atoms with Crippen LogP contribution in [0.25, 0.3) is 0 Å². The largest absolute Gasteiger partial charge is 0.486 e. The zero-order valence-electron chi connectivity index (χ0n) is 16.9. The number of hydrogen-bond donors (Lipinski definition) is 0. The number of hydrogen-bond acceptors (Lipinski definition) is 5. The van der Waals surface area contributed by atoms with Gasteiger partial charge in [0.15, 0.2) is 17.6 Å². The first-order chi connectivity index (χ1) is 14.5. The molecule has 0 aromatic heterocycles. The minimum absolute atomic E-state index is 0.279. The Morgan fingerprint density at radius 3 is 2.47 bits per heavy atom. The number of likely N-dealkylation sites (N-methyl/N-ethyl adjacent to an activating group) is 1. The molecule has 0 radical (unpaired) electrons. The lowest BCUT2D eigenvalue weighted by molar-refractivity contribution is -0.137. The second-order valence-corrected chi connectivity index (χ2v) is 7.36. The van der Waals surface area contributed by atoms with Crippen molar-refractivity contribution in [1.82, 2.24) is 9.80 Å². The molecular weight excluding hydrogens is 386 g/mol. The van der Waals surface area contributed by atoms with Crippen molar-refractivity contribution in [3.8, 4) is 11.5 Å². The van der Waals surface area contributed by atoms with E-state index in [1.54, 1.807) is 38.2 Å². The number of carbonyl (C=O) groups excluding carboxylic acids is 3. The monoisotopic (exact) mass is 409 g/mol. The summed E-state index contributed by atoms with van der Waals surface area (Å²) in [5.41, 5.74) is 0.623. The fourth-order valence-corrected chi connectivity index (χ4v) is 3.61. The molecule has 2 atom stereocenters. The van der Waals surface area contributed by atoms with Gasteiger partial charge in [-0.1, -0.05) is 30.3 Å². The molecule has 8 heteroatoms. The van der Waals surface area contributed by atoms with E-state index in [-0.39, 0.29) is 25.1 Å². The van der Waals surface area contributed by atoms with E-state index < -0.39 is 18.0 Å². The summed E-state index contributed by atoms with van der Waals surface area (Å²) in [6, 6.07) is 15.1. The third kappa shape index (κ3) is 3.68. The zero-order valence-corrected chi connectivity index (χ0v) is 16.9. The highest BCUT2D eigenvalue weighted by molar-refractivity contribution is 6.15. The number of urea groups is 1. The highest BCUT2D eigenvalue weighted by Crippen LogP contribution is 2.31. The van der Waals surface area contributed by atoms with Gasteiger partial charge in [-0.2, -0.15) is 0 Å². The Kier molecular flexibility index (Phi) is 5.31. The van der Waals surface area contributed by atoms with E-state index >= 15 is 0 Å². The van der Waals surface area contributed by atoms with E-state index in [0.717, 1.165) is 4.90 Å². The minimum atomic E-state index is -0.662. The Labute approximate surface area is 174 Å². The van der Waals surface area contributed by atoms with Crippen LogP contribution in [-0.4, -0.2) is 66.5 Å². The smallest absolute Gasteiger partial charge is 0.332 e. The summed E-state index contributed by atoms with van der Waals surface area (Å²) in [4.78, 5) is 42.1. The SMILES string of the molecule is C[C@@H]1C(=O)N(CC(=O)N(C)C[C@@H]2COc3ccccc3O2)C(=O)N1c1ccccc1. The molecule has 2 aliphatic heterocycles. The number of anilines is 1. The number of rotatable bonds is 5. The van der Waals surface area contributed by atoms with Gasteiger partial charge in [-0.05, 0) is 31.2 Å². The van der Waals surface area contributed by atoms with Gasteiger partial charge in [0.25, 0.3) is 5.91 Å². The van der Waals surface area contributed by atoms with Crippen LogP contribution in [0.1, 0.15) is 6.92 Å². The minimum Gasteiger partial charge on any atom is -0.486 e. The van der Waals surface area contributed by atoms with Crippen molar-refractivity contribution in [3.63, 3.8) is 0 Å². The Balaban J connectivity index is 1.38. The highest BCUT2D eigenvalue weighted by Gasteiger charge is 2.44. The number of benzene rings is 2. The van der Waals surface area contributed by atoms with Gasteiger partial charge in [0.1, 0.15) is 19.2 Å². The molecule has 30 heavy (non-hydrogen) atoms. The lowest BCUT2D eigenvalue weighted by Gasteiger charge is -2.30. The predicted octanol–water partition coefficient (Wildman–Crippen LogP) is 2.14. The molecule has 0 spiro atoms. The maximum atomic E-state index is 12.8. The van der Waals surface area contributed by atoms with Gasteiger partial charge >= 0.3 is 6.03 Å². The average molecular weight is 409 g/mol. The van der Waals surface area contributed by atoms with Gasteiger partial charge in [-0.25, -0.2) is 4.79 Å². The Bertz CT molecular complexity index is 964. The van der Waals surface area contributed by atoms with E-state index in [1.807, 2.05) is 30.3 Å². The standard InChI is InChI=1S/C22H23N3O5/c1-15-21(27)24(22(28)25(15)16-8-4-3-5-9-16)13-20(26)23(2)12-17-14-29-18-10-6-7-11-19(18)30-17/h3-11,15,17H,12-14H2,1-2H3/t15-,17-/m1/s1. The molecule has 0 bridgehead atoms. The van der Waals surface area contributed by atoms with E-state index in [4.69, 9.17) is 9.47 Å². The molecule has 4 amide bonds. The lowest BCUT2D eigenvalue weighted by atomic mass is 10.2. The topological polar surface area (TPSA) is 79.4 Å². The summed E-state index contributed by atoms with van der Waals surface area (Å²) in [6.07, 6.45) is -0.335. The summed E-state index contributed by atoms with van der Waals surface area (Å²) in [5.74, 6) is 0.566. The Morgan fingerprint density at radius 1 is 1.07 bits per heavy atom. The molecule has 2 aliphatic rings. The number of imide groups is 1. The lowest BCUT2D eigenvalue weighted by Crippen LogP contribution is -2.46. The quantitative estimate of drug-likeness (QED) is 0.707. The summed E-state index contributed by atoms with van der Waals surface area (Å²) in [5, 5.41) is 0. The molecule has 156 valence electrons. The fourth-order valence-electron chi connectivity index (χ4n) is 3.61. The second kappa shape index (κ2) is 8.06. The van der Waals surface area contributed by atoms with Gasteiger partial charge in [0.05, 0.1) is 6.54 Å². The van der Waals surface area contributed by atoms with Gasteiger partial charge < -0.3 is 14.4 Å². The van der Waals surface area contributed by atoms with Crippen LogP contribution in [0.15, 0.2) is 54.6 Å². The van der Waals surface area contributed by atoms with Gasteiger partial charge in [0, 0.05) is 12.7 Å². The predicted molar refractivity (Wildman–Crippen MR) is 109 cm³/mol. The average Bonchev–Trinajstić information content (AvgIpc) is 2.97. The van der Waals surface area contributed by atoms with Crippen LogP contribution in [0.5, 0.6) is 11.5 Å². The molecule has 0 unspecified atom stereocenters. The van der Waals surface area contributed by atoms with Crippen molar-refractivity contribution in [2.24, 2.45) is 0 Å². The van der Waals surface area contributed by atoms with Crippen LogP contribution in [0, 0.1) is 0 Å².